The molecule has 7 heteroatoms. The molecule has 0 spiro atoms. The molecule has 0 unspecified atom stereocenters. The van der Waals surface area contributed by atoms with Crippen molar-refractivity contribution in [3.8, 4) is 0 Å². The maximum absolute atomic E-state index is 12.5. The Labute approximate surface area is 156 Å². The van der Waals surface area contributed by atoms with Crippen molar-refractivity contribution >= 4 is 34.0 Å². The van der Waals surface area contributed by atoms with Crippen LogP contribution in [0.4, 0.5) is 5.13 Å². The second-order valence-corrected chi connectivity index (χ2v) is 8.08. The third kappa shape index (κ3) is 4.35. The molecule has 136 valence electrons. The molecule has 0 atom stereocenters. The quantitative estimate of drug-likeness (QED) is 0.894. The van der Waals surface area contributed by atoms with Crippen LogP contribution in [-0.4, -0.2) is 27.5 Å². The Morgan fingerprint density at radius 1 is 1.23 bits per heavy atom. The van der Waals surface area contributed by atoms with Crippen LogP contribution in [-0.2, 0) is 21.5 Å². The summed E-state index contributed by atoms with van der Waals surface area (Å²) in [6, 6.07) is 9.61. The fourth-order valence-corrected chi connectivity index (χ4v) is 3.42. The first-order valence-electron chi connectivity index (χ1n) is 8.52. The van der Waals surface area contributed by atoms with Crippen LogP contribution in [0, 0.1) is 0 Å². The van der Waals surface area contributed by atoms with Gasteiger partial charge in [0.15, 0.2) is 5.13 Å². The van der Waals surface area contributed by atoms with E-state index in [2.05, 4.69) is 36.2 Å². The SMILES string of the molecule is CC(C)(C)c1csc(NC(=O)C2=NN(Cc3ccccc3)C(=O)CC2)n1. The van der Waals surface area contributed by atoms with Crippen LogP contribution in [0.3, 0.4) is 0 Å². The van der Waals surface area contributed by atoms with Crippen molar-refractivity contribution in [2.24, 2.45) is 5.10 Å². The number of hydrogen-bond acceptors (Lipinski definition) is 5. The Bertz CT molecular complexity index is 837. The minimum atomic E-state index is -0.301. The predicted octanol–water partition coefficient (Wildman–Crippen LogP) is 3.56. The number of amides is 2. The van der Waals surface area contributed by atoms with E-state index in [1.807, 2.05) is 35.7 Å². The van der Waals surface area contributed by atoms with E-state index in [0.29, 0.717) is 23.8 Å². The first-order chi connectivity index (χ1) is 12.3. The van der Waals surface area contributed by atoms with Gasteiger partial charge in [0.05, 0.1) is 12.2 Å². The number of anilines is 1. The lowest BCUT2D eigenvalue weighted by Crippen LogP contribution is -2.36. The zero-order valence-corrected chi connectivity index (χ0v) is 16.0. The van der Waals surface area contributed by atoms with Crippen molar-refractivity contribution < 1.29 is 9.59 Å². The average Bonchev–Trinajstić information content (AvgIpc) is 3.06. The molecule has 0 radical (unpaired) electrons. The lowest BCUT2D eigenvalue weighted by atomic mass is 9.93. The zero-order chi connectivity index (χ0) is 18.7. The molecule has 0 fully saturated rings. The molecule has 2 heterocycles. The molecule has 26 heavy (non-hydrogen) atoms. The molecular formula is C19H22N4O2S. The van der Waals surface area contributed by atoms with Crippen LogP contribution in [0.15, 0.2) is 40.8 Å². The van der Waals surface area contributed by atoms with Gasteiger partial charge in [-0.2, -0.15) is 5.10 Å². The van der Waals surface area contributed by atoms with Gasteiger partial charge < -0.3 is 0 Å². The number of thiazole rings is 1. The van der Waals surface area contributed by atoms with E-state index in [9.17, 15) is 9.59 Å². The maximum atomic E-state index is 12.5. The first kappa shape index (κ1) is 18.3. The number of carbonyl (C=O) groups excluding carboxylic acids is 2. The van der Waals surface area contributed by atoms with Gasteiger partial charge in [-0.3, -0.25) is 14.9 Å². The molecule has 1 aliphatic heterocycles. The summed E-state index contributed by atoms with van der Waals surface area (Å²) < 4.78 is 0. The number of nitrogens with zero attached hydrogens (tertiary/aromatic N) is 3. The second-order valence-electron chi connectivity index (χ2n) is 7.23. The number of rotatable bonds is 4. The van der Waals surface area contributed by atoms with Gasteiger partial charge in [0.2, 0.25) is 5.91 Å². The Hall–Kier alpha value is -2.54. The van der Waals surface area contributed by atoms with E-state index in [-0.39, 0.29) is 23.7 Å². The lowest BCUT2D eigenvalue weighted by Gasteiger charge is -2.23. The summed E-state index contributed by atoms with van der Waals surface area (Å²) in [6.07, 6.45) is 0.623. The van der Waals surface area contributed by atoms with Crippen LogP contribution in [0.5, 0.6) is 0 Å². The third-order valence-electron chi connectivity index (χ3n) is 4.04. The van der Waals surface area contributed by atoms with Crippen molar-refractivity contribution in [3.05, 3.63) is 47.0 Å². The Morgan fingerprint density at radius 3 is 2.62 bits per heavy atom. The van der Waals surface area contributed by atoms with Crippen LogP contribution in [0.2, 0.25) is 0 Å². The van der Waals surface area contributed by atoms with Gasteiger partial charge in [0.1, 0.15) is 5.71 Å². The summed E-state index contributed by atoms with van der Waals surface area (Å²) in [5.41, 5.74) is 2.19. The predicted molar refractivity (Wildman–Crippen MR) is 103 cm³/mol. The standard InChI is InChI=1S/C19H22N4O2S/c1-19(2,3)15-12-26-18(20-15)21-17(25)14-9-10-16(24)23(22-14)11-13-7-5-4-6-8-13/h4-8,12H,9-11H2,1-3H3,(H,20,21,25). The zero-order valence-electron chi connectivity index (χ0n) is 15.2. The van der Waals surface area contributed by atoms with Crippen LogP contribution in [0.1, 0.15) is 44.9 Å². The molecule has 1 N–H and O–H groups in total. The molecule has 1 aromatic heterocycles. The van der Waals surface area contributed by atoms with Crippen molar-refractivity contribution in [3.63, 3.8) is 0 Å². The fourth-order valence-electron chi connectivity index (χ4n) is 2.49. The molecule has 1 aliphatic rings. The number of aromatic nitrogens is 1. The summed E-state index contributed by atoms with van der Waals surface area (Å²) in [4.78, 5) is 29.1. The number of nitrogens with one attached hydrogen (secondary N) is 1. The van der Waals surface area contributed by atoms with Crippen molar-refractivity contribution in [1.29, 1.82) is 0 Å². The monoisotopic (exact) mass is 370 g/mol. The molecular weight excluding hydrogens is 348 g/mol. The highest BCUT2D eigenvalue weighted by Gasteiger charge is 2.25. The minimum Gasteiger partial charge on any atom is -0.297 e. The van der Waals surface area contributed by atoms with Gasteiger partial charge in [-0.25, -0.2) is 9.99 Å². The molecule has 0 aliphatic carbocycles. The van der Waals surface area contributed by atoms with E-state index in [1.54, 1.807) is 0 Å². The average molecular weight is 370 g/mol. The van der Waals surface area contributed by atoms with Gasteiger partial charge in [-0.15, -0.1) is 11.3 Å². The largest absolute Gasteiger partial charge is 0.297 e. The topological polar surface area (TPSA) is 74.7 Å². The Balaban J connectivity index is 1.71. The van der Waals surface area contributed by atoms with Gasteiger partial charge in [-0.1, -0.05) is 51.1 Å². The number of carbonyl (C=O) groups is 2. The Morgan fingerprint density at radius 2 is 1.96 bits per heavy atom. The van der Waals surface area contributed by atoms with E-state index in [4.69, 9.17) is 0 Å². The second kappa shape index (κ2) is 7.37. The first-order valence-corrected chi connectivity index (χ1v) is 9.40. The minimum absolute atomic E-state index is 0.0687. The molecule has 0 saturated heterocycles. The Kier molecular flexibility index (Phi) is 5.18. The van der Waals surface area contributed by atoms with Gasteiger partial charge >= 0.3 is 0 Å². The number of hydrazone groups is 1. The fraction of sp³-hybridized carbons (Fsp3) is 0.368. The van der Waals surface area contributed by atoms with E-state index < -0.39 is 0 Å². The van der Waals surface area contributed by atoms with Gasteiger partial charge in [-0.05, 0) is 5.56 Å². The number of benzene rings is 1. The van der Waals surface area contributed by atoms with Gasteiger partial charge in [0, 0.05) is 23.6 Å². The summed E-state index contributed by atoms with van der Waals surface area (Å²) in [6.45, 7) is 6.59. The lowest BCUT2D eigenvalue weighted by molar-refractivity contribution is -0.132. The third-order valence-corrected chi connectivity index (χ3v) is 4.79. The van der Waals surface area contributed by atoms with E-state index in [0.717, 1.165) is 11.3 Å². The summed E-state index contributed by atoms with van der Waals surface area (Å²) in [7, 11) is 0. The molecule has 0 saturated carbocycles. The normalized spacial score (nSPS) is 15.0. The van der Waals surface area contributed by atoms with Crippen molar-refractivity contribution in [2.45, 2.75) is 45.6 Å². The highest BCUT2D eigenvalue weighted by molar-refractivity contribution is 7.14. The van der Waals surface area contributed by atoms with E-state index in [1.165, 1.54) is 16.3 Å². The van der Waals surface area contributed by atoms with Crippen LogP contribution < -0.4 is 5.32 Å². The molecule has 0 bridgehead atoms. The van der Waals surface area contributed by atoms with Crippen LogP contribution >= 0.6 is 11.3 Å². The summed E-state index contributed by atoms with van der Waals surface area (Å²) in [5.74, 6) is -0.375. The van der Waals surface area contributed by atoms with Crippen LogP contribution in [0.25, 0.3) is 0 Å². The highest BCUT2D eigenvalue weighted by atomic mass is 32.1. The number of hydrogen-bond donors (Lipinski definition) is 1. The molecule has 1 aromatic carbocycles. The maximum Gasteiger partial charge on any atom is 0.273 e. The van der Waals surface area contributed by atoms with Gasteiger partial charge in [0.25, 0.3) is 5.91 Å². The van der Waals surface area contributed by atoms with E-state index >= 15 is 0 Å². The van der Waals surface area contributed by atoms with Crippen molar-refractivity contribution in [1.82, 2.24) is 9.99 Å². The molecule has 2 aromatic rings. The summed E-state index contributed by atoms with van der Waals surface area (Å²) in [5, 5.41) is 10.9. The van der Waals surface area contributed by atoms with Crippen molar-refractivity contribution in [2.75, 3.05) is 5.32 Å². The molecule has 6 nitrogen and oxygen atoms in total. The summed E-state index contributed by atoms with van der Waals surface area (Å²) >= 11 is 1.39. The molecule has 2 amide bonds. The molecule has 3 rings (SSSR count). The highest BCUT2D eigenvalue weighted by Crippen LogP contribution is 2.26. The smallest absolute Gasteiger partial charge is 0.273 e.